The molecule has 0 aliphatic heterocycles. The van der Waals surface area contributed by atoms with Gasteiger partial charge in [0.25, 0.3) is 0 Å². The van der Waals surface area contributed by atoms with E-state index in [1.54, 1.807) is 7.11 Å². The van der Waals surface area contributed by atoms with E-state index < -0.39 is 0 Å². The Morgan fingerprint density at radius 3 is 2.62 bits per heavy atom. The van der Waals surface area contributed by atoms with Gasteiger partial charge in [0, 0.05) is 0 Å². The molecule has 116 valence electrons. The maximum Gasteiger partial charge on any atom is 0.122 e. The molecule has 0 amide bonds. The van der Waals surface area contributed by atoms with E-state index in [9.17, 15) is 0 Å². The first kappa shape index (κ1) is 17.5. The smallest absolute Gasteiger partial charge is 0.122 e. The lowest BCUT2D eigenvalue weighted by atomic mass is 9.99. The van der Waals surface area contributed by atoms with Crippen LogP contribution in [-0.4, -0.2) is 45.7 Å². The number of nitriles is 1. The molecule has 0 unspecified atom stereocenters. The number of nitrogens with one attached hydrogen (secondary N) is 1. The van der Waals surface area contributed by atoms with Crippen LogP contribution in [0.5, 0.6) is 5.75 Å². The summed E-state index contributed by atoms with van der Waals surface area (Å²) in [6, 6.07) is 6.38. The molecule has 0 radical (unpaired) electrons. The van der Waals surface area contributed by atoms with E-state index in [-0.39, 0.29) is 0 Å². The normalized spacial score (nSPS) is 10.7. The van der Waals surface area contributed by atoms with Crippen LogP contribution >= 0.6 is 0 Å². The Kier molecular flexibility index (Phi) is 7.81. The molecule has 0 saturated carbocycles. The zero-order valence-corrected chi connectivity index (χ0v) is 13.7. The van der Waals surface area contributed by atoms with Gasteiger partial charge in [-0.15, -0.1) is 0 Å². The van der Waals surface area contributed by atoms with Crippen molar-refractivity contribution in [1.82, 2.24) is 10.2 Å². The molecular formula is C17H27N3O. The summed E-state index contributed by atoms with van der Waals surface area (Å²) in [6.07, 6.45) is 2.54. The number of aryl methyl sites for hydroxylation is 1. The van der Waals surface area contributed by atoms with Crippen molar-refractivity contribution in [1.29, 1.82) is 5.26 Å². The molecule has 4 nitrogen and oxygen atoms in total. The van der Waals surface area contributed by atoms with Crippen LogP contribution < -0.4 is 10.1 Å². The Morgan fingerprint density at radius 2 is 2.00 bits per heavy atom. The van der Waals surface area contributed by atoms with E-state index in [2.05, 4.69) is 36.4 Å². The van der Waals surface area contributed by atoms with Gasteiger partial charge in [0.2, 0.25) is 0 Å². The van der Waals surface area contributed by atoms with Crippen LogP contribution in [0, 0.1) is 18.3 Å². The minimum Gasteiger partial charge on any atom is -0.496 e. The number of hydrogen-bond acceptors (Lipinski definition) is 4. The Balaban J connectivity index is 2.53. The van der Waals surface area contributed by atoms with Crippen LogP contribution in [0.4, 0.5) is 0 Å². The number of benzene rings is 1. The molecule has 1 aromatic rings. The van der Waals surface area contributed by atoms with E-state index in [1.807, 2.05) is 13.0 Å². The van der Waals surface area contributed by atoms with Gasteiger partial charge in [-0.1, -0.05) is 6.07 Å². The van der Waals surface area contributed by atoms with Crippen molar-refractivity contribution in [3.63, 3.8) is 0 Å². The average Bonchev–Trinajstić information content (AvgIpc) is 2.44. The second-order valence-electron chi connectivity index (χ2n) is 5.58. The van der Waals surface area contributed by atoms with E-state index in [4.69, 9.17) is 10.00 Å². The molecule has 0 heterocycles. The van der Waals surface area contributed by atoms with Crippen LogP contribution in [0.3, 0.4) is 0 Å². The molecule has 1 aromatic carbocycles. The summed E-state index contributed by atoms with van der Waals surface area (Å²) in [6.45, 7) is 5.12. The van der Waals surface area contributed by atoms with Crippen LogP contribution in [-0.2, 0) is 12.8 Å². The lowest BCUT2D eigenvalue weighted by Crippen LogP contribution is -2.23. The number of nitrogens with zero attached hydrogens (tertiary/aromatic N) is 2. The molecule has 0 spiro atoms. The number of methoxy groups -OCH3 is 1. The minimum atomic E-state index is 0.437. The highest BCUT2D eigenvalue weighted by atomic mass is 16.5. The van der Waals surface area contributed by atoms with Crippen molar-refractivity contribution in [2.24, 2.45) is 0 Å². The maximum atomic E-state index is 8.96. The number of ether oxygens (including phenoxy) is 1. The van der Waals surface area contributed by atoms with E-state index >= 15 is 0 Å². The number of rotatable bonds is 9. The molecule has 0 aromatic heterocycles. The molecule has 1 rings (SSSR count). The first-order valence-electron chi connectivity index (χ1n) is 7.47. The molecule has 0 aliphatic carbocycles. The fourth-order valence-electron chi connectivity index (χ4n) is 2.36. The topological polar surface area (TPSA) is 48.3 Å². The second kappa shape index (κ2) is 9.38. The summed E-state index contributed by atoms with van der Waals surface area (Å²) in [5.74, 6) is 0.864. The largest absolute Gasteiger partial charge is 0.496 e. The minimum absolute atomic E-state index is 0.437. The van der Waals surface area contributed by atoms with Gasteiger partial charge in [-0.3, -0.25) is 0 Å². The molecule has 0 fully saturated rings. The molecule has 4 heteroatoms. The van der Waals surface area contributed by atoms with Crippen LogP contribution in [0.25, 0.3) is 0 Å². The Morgan fingerprint density at radius 1 is 1.24 bits per heavy atom. The van der Waals surface area contributed by atoms with Gasteiger partial charge in [0.05, 0.1) is 19.6 Å². The van der Waals surface area contributed by atoms with Crippen molar-refractivity contribution in [2.75, 3.05) is 40.8 Å². The van der Waals surface area contributed by atoms with Crippen molar-refractivity contribution in [2.45, 2.75) is 26.2 Å². The van der Waals surface area contributed by atoms with Gasteiger partial charge in [-0.05, 0) is 76.3 Å². The van der Waals surface area contributed by atoms with E-state index in [0.717, 1.165) is 49.4 Å². The zero-order chi connectivity index (χ0) is 15.7. The van der Waals surface area contributed by atoms with Gasteiger partial charge in [0.15, 0.2) is 0 Å². The second-order valence-corrected chi connectivity index (χ2v) is 5.58. The molecule has 0 bridgehead atoms. The molecule has 1 N–H and O–H groups in total. The van der Waals surface area contributed by atoms with Crippen molar-refractivity contribution >= 4 is 0 Å². The summed E-state index contributed by atoms with van der Waals surface area (Å²) >= 11 is 0. The third-order valence-electron chi connectivity index (χ3n) is 3.52. The van der Waals surface area contributed by atoms with Crippen LogP contribution in [0.2, 0.25) is 0 Å². The van der Waals surface area contributed by atoms with Crippen molar-refractivity contribution < 1.29 is 4.74 Å². The summed E-state index contributed by atoms with van der Waals surface area (Å²) in [5, 5.41) is 12.4. The fraction of sp³-hybridized carbons (Fsp3) is 0.588. The quantitative estimate of drug-likeness (QED) is 0.708. The third-order valence-corrected chi connectivity index (χ3v) is 3.52. The van der Waals surface area contributed by atoms with Gasteiger partial charge in [0.1, 0.15) is 5.75 Å². The Bertz CT molecular complexity index is 478. The third kappa shape index (κ3) is 6.16. The lowest BCUT2D eigenvalue weighted by molar-refractivity contribution is 0.395. The number of hydrogen-bond donors (Lipinski definition) is 1. The summed E-state index contributed by atoms with van der Waals surface area (Å²) < 4.78 is 5.34. The highest BCUT2D eigenvalue weighted by molar-refractivity contribution is 5.43. The maximum absolute atomic E-state index is 8.96. The summed E-state index contributed by atoms with van der Waals surface area (Å²) in [4.78, 5) is 2.19. The van der Waals surface area contributed by atoms with Crippen molar-refractivity contribution in [3.05, 3.63) is 28.8 Å². The first-order chi connectivity index (χ1) is 10.1. The van der Waals surface area contributed by atoms with Crippen LogP contribution in [0.15, 0.2) is 12.1 Å². The summed E-state index contributed by atoms with van der Waals surface area (Å²) in [7, 11) is 5.85. The summed E-state index contributed by atoms with van der Waals surface area (Å²) in [5.41, 5.74) is 3.45. The Labute approximate surface area is 128 Å². The fourth-order valence-corrected chi connectivity index (χ4v) is 2.36. The van der Waals surface area contributed by atoms with E-state index in [1.165, 1.54) is 5.56 Å². The van der Waals surface area contributed by atoms with Crippen LogP contribution in [0.1, 0.15) is 23.1 Å². The van der Waals surface area contributed by atoms with Gasteiger partial charge < -0.3 is 15.0 Å². The van der Waals surface area contributed by atoms with Crippen molar-refractivity contribution in [3.8, 4) is 11.8 Å². The molecular weight excluding hydrogens is 262 g/mol. The highest BCUT2D eigenvalue weighted by Crippen LogP contribution is 2.23. The monoisotopic (exact) mass is 289 g/mol. The molecule has 0 saturated heterocycles. The Hall–Kier alpha value is -1.57. The molecule has 21 heavy (non-hydrogen) atoms. The predicted octanol–water partition coefficient (Wildman–Crippen LogP) is 2.15. The standard InChI is InChI=1S/C17H27N3O/c1-14-12-16(7-10-19-9-5-11-20(2)3)15(6-8-18)13-17(14)21-4/h12-13,19H,5-7,9-11H2,1-4H3. The van der Waals surface area contributed by atoms with Gasteiger partial charge in [-0.25, -0.2) is 0 Å². The molecule has 0 aliphatic rings. The lowest BCUT2D eigenvalue weighted by Gasteiger charge is -2.13. The average molecular weight is 289 g/mol. The first-order valence-corrected chi connectivity index (χ1v) is 7.47. The zero-order valence-electron chi connectivity index (χ0n) is 13.7. The molecule has 0 atom stereocenters. The van der Waals surface area contributed by atoms with Gasteiger partial charge in [-0.2, -0.15) is 5.26 Å². The predicted molar refractivity (Wildman–Crippen MR) is 86.8 cm³/mol. The SMILES string of the molecule is COc1cc(CC#N)c(CCNCCCN(C)C)cc1C. The van der Waals surface area contributed by atoms with Gasteiger partial charge >= 0.3 is 0 Å². The van der Waals surface area contributed by atoms with E-state index in [0.29, 0.717) is 6.42 Å². The highest BCUT2D eigenvalue weighted by Gasteiger charge is 2.07.